The second kappa shape index (κ2) is 7.28. The topological polar surface area (TPSA) is 89.8 Å². The van der Waals surface area contributed by atoms with Gasteiger partial charge in [0.1, 0.15) is 12.9 Å². The average Bonchev–Trinajstić information content (AvgIpc) is 2.59. The number of rotatable bonds is 4. The van der Waals surface area contributed by atoms with Gasteiger partial charge in [-0.25, -0.2) is 19.0 Å². The summed E-state index contributed by atoms with van der Waals surface area (Å²) in [6.07, 6.45) is 2.06. The van der Waals surface area contributed by atoms with Crippen LogP contribution in [0.25, 0.3) is 10.8 Å². The van der Waals surface area contributed by atoms with E-state index in [0.29, 0.717) is 11.1 Å². The third-order valence-electron chi connectivity index (χ3n) is 3.72. The Kier molecular flexibility index (Phi) is 5.08. The van der Waals surface area contributed by atoms with Gasteiger partial charge in [-0.1, -0.05) is 29.8 Å². The van der Waals surface area contributed by atoms with E-state index in [2.05, 4.69) is 36.3 Å². The summed E-state index contributed by atoms with van der Waals surface area (Å²) in [4.78, 5) is 32.1. The number of nitrogens with one attached hydrogen (secondary N) is 1. The van der Waals surface area contributed by atoms with Crippen molar-refractivity contribution in [3.63, 3.8) is 0 Å². The van der Waals surface area contributed by atoms with Crippen LogP contribution in [0.5, 0.6) is 0 Å². The highest BCUT2D eigenvalue weighted by Crippen LogP contribution is 2.24. The fourth-order valence-corrected chi connectivity index (χ4v) is 2.89. The molecule has 1 N–H and O–H groups in total. The van der Waals surface area contributed by atoms with E-state index in [-0.39, 0.29) is 18.3 Å². The predicted octanol–water partition coefficient (Wildman–Crippen LogP) is 2.85. The fourth-order valence-electron chi connectivity index (χ4n) is 2.53. The molecule has 3 rings (SSSR count). The van der Waals surface area contributed by atoms with E-state index < -0.39 is 17.3 Å². The summed E-state index contributed by atoms with van der Waals surface area (Å²) in [5, 5.41) is 7.86. The van der Waals surface area contributed by atoms with E-state index in [1.807, 2.05) is 19.9 Å². The van der Waals surface area contributed by atoms with Gasteiger partial charge in [0, 0.05) is 9.86 Å². The number of anilines is 1. The maximum Gasteiger partial charge on any atom is 0.275 e. The lowest BCUT2D eigenvalue weighted by Gasteiger charge is -2.13. The molecule has 0 radical (unpaired) electrons. The van der Waals surface area contributed by atoms with Crippen LogP contribution in [0, 0.1) is 5.82 Å². The van der Waals surface area contributed by atoms with E-state index >= 15 is 0 Å². The number of halogens is 2. The highest BCUT2D eigenvalue weighted by Gasteiger charge is 2.16. The van der Waals surface area contributed by atoms with Crippen LogP contribution >= 0.6 is 15.9 Å². The number of carbonyl (C=O) groups is 1. The molecule has 134 valence electrons. The van der Waals surface area contributed by atoms with E-state index in [1.165, 1.54) is 0 Å². The highest BCUT2D eigenvalue weighted by atomic mass is 79.9. The third kappa shape index (κ3) is 3.62. The minimum Gasteiger partial charge on any atom is -0.307 e. The zero-order valence-corrected chi connectivity index (χ0v) is 15.6. The number of fused-ring (bicyclic) bond motifs is 1. The van der Waals surface area contributed by atoms with Crippen molar-refractivity contribution in [1.29, 1.82) is 0 Å². The van der Waals surface area contributed by atoms with Gasteiger partial charge in [0.25, 0.3) is 5.56 Å². The minimum atomic E-state index is -0.757. The molecule has 2 aromatic heterocycles. The number of aromatic nitrogens is 4. The smallest absolute Gasteiger partial charge is 0.275 e. The van der Waals surface area contributed by atoms with Crippen LogP contribution in [0.3, 0.4) is 0 Å². The monoisotopic (exact) mass is 419 g/mol. The second-order valence-electron chi connectivity index (χ2n) is 5.96. The molecular weight excluding hydrogens is 405 g/mol. The van der Waals surface area contributed by atoms with E-state index in [4.69, 9.17) is 0 Å². The lowest BCUT2D eigenvalue weighted by atomic mass is 10.0. The van der Waals surface area contributed by atoms with Crippen molar-refractivity contribution in [1.82, 2.24) is 19.7 Å². The molecule has 9 heteroatoms. The molecule has 0 bridgehead atoms. The zero-order chi connectivity index (χ0) is 18.8. The molecule has 1 aromatic carbocycles. The Morgan fingerprint density at radius 1 is 1.35 bits per heavy atom. The van der Waals surface area contributed by atoms with Crippen LogP contribution in [0.1, 0.15) is 25.5 Å². The Labute approximate surface area is 156 Å². The molecule has 2 heterocycles. The van der Waals surface area contributed by atoms with E-state index in [9.17, 15) is 14.0 Å². The quantitative estimate of drug-likeness (QED) is 0.701. The summed E-state index contributed by atoms with van der Waals surface area (Å²) >= 11 is 3.39. The van der Waals surface area contributed by atoms with Crippen molar-refractivity contribution in [2.45, 2.75) is 26.3 Å². The van der Waals surface area contributed by atoms with Crippen LogP contribution < -0.4 is 10.9 Å². The van der Waals surface area contributed by atoms with Crippen molar-refractivity contribution < 1.29 is 9.18 Å². The summed E-state index contributed by atoms with van der Waals surface area (Å²) in [6, 6.07) is 5.28. The van der Waals surface area contributed by atoms with Crippen LogP contribution in [0.15, 0.2) is 40.0 Å². The number of hydrogen-bond acceptors (Lipinski definition) is 5. The van der Waals surface area contributed by atoms with Crippen LogP contribution in [0.2, 0.25) is 0 Å². The van der Waals surface area contributed by atoms with Crippen LogP contribution in [-0.4, -0.2) is 25.7 Å². The molecule has 0 aliphatic carbocycles. The number of amides is 1. The number of nitrogens with zero attached hydrogens (tertiary/aromatic N) is 4. The van der Waals surface area contributed by atoms with Crippen molar-refractivity contribution in [3.05, 3.63) is 57.1 Å². The second-order valence-corrected chi connectivity index (χ2v) is 6.88. The number of hydrogen-bond donors (Lipinski definition) is 1. The van der Waals surface area contributed by atoms with Gasteiger partial charge < -0.3 is 5.32 Å². The van der Waals surface area contributed by atoms with Crippen molar-refractivity contribution in [2.75, 3.05) is 5.32 Å². The number of benzene rings is 1. The van der Waals surface area contributed by atoms with Gasteiger partial charge in [-0.2, -0.15) is 5.10 Å². The Morgan fingerprint density at radius 2 is 2.12 bits per heavy atom. The summed E-state index contributed by atoms with van der Waals surface area (Å²) in [6.45, 7) is 3.55. The van der Waals surface area contributed by atoms with Gasteiger partial charge in [-0.3, -0.25) is 9.59 Å². The Bertz CT molecular complexity index is 1050. The van der Waals surface area contributed by atoms with Crippen molar-refractivity contribution in [2.24, 2.45) is 0 Å². The Hall–Kier alpha value is -2.68. The molecule has 0 fully saturated rings. The summed E-state index contributed by atoms with van der Waals surface area (Å²) in [5.41, 5.74) is 0.303. The molecule has 0 saturated heterocycles. The minimum absolute atomic E-state index is 0.0426. The maximum absolute atomic E-state index is 13.6. The summed E-state index contributed by atoms with van der Waals surface area (Å²) in [7, 11) is 0. The molecule has 1 amide bonds. The molecule has 0 unspecified atom stereocenters. The van der Waals surface area contributed by atoms with Crippen LogP contribution in [0.4, 0.5) is 10.2 Å². The van der Waals surface area contributed by atoms with Gasteiger partial charge >= 0.3 is 0 Å². The molecule has 0 spiro atoms. The van der Waals surface area contributed by atoms with E-state index in [1.54, 1.807) is 12.1 Å². The molecule has 7 nitrogen and oxygen atoms in total. The normalized spacial score (nSPS) is 11.1. The van der Waals surface area contributed by atoms with Gasteiger partial charge in [0.2, 0.25) is 5.91 Å². The highest BCUT2D eigenvalue weighted by molar-refractivity contribution is 9.10. The van der Waals surface area contributed by atoms with Gasteiger partial charge in [0.05, 0.1) is 17.3 Å². The molecule has 0 atom stereocenters. The van der Waals surface area contributed by atoms with Crippen molar-refractivity contribution >= 4 is 38.4 Å². The maximum atomic E-state index is 13.6. The summed E-state index contributed by atoms with van der Waals surface area (Å²) < 4.78 is 15.5. The molecule has 26 heavy (non-hydrogen) atoms. The first kappa shape index (κ1) is 18.1. The first-order valence-electron chi connectivity index (χ1n) is 7.82. The Balaban J connectivity index is 1.99. The largest absolute Gasteiger partial charge is 0.307 e. The zero-order valence-electron chi connectivity index (χ0n) is 14.0. The Morgan fingerprint density at radius 3 is 2.81 bits per heavy atom. The first-order chi connectivity index (χ1) is 12.4. The number of carbonyl (C=O) groups excluding carboxylic acids is 1. The van der Waals surface area contributed by atoms with Gasteiger partial charge in [-0.15, -0.1) is 0 Å². The van der Waals surface area contributed by atoms with Gasteiger partial charge in [-0.05, 0) is 24.1 Å². The fraction of sp³-hybridized carbons (Fsp3) is 0.235. The van der Waals surface area contributed by atoms with E-state index in [0.717, 1.165) is 27.1 Å². The third-order valence-corrected chi connectivity index (χ3v) is 4.21. The predicted molar refractivity (Wildman–Crippen MR) is 98.4 cm³/mol. The molecule has 0 saturated carbocycles. The standard InChI is InChI=1S/C17H15BrFN5O2/c1-9(2)15-12-5-10(18)3-4-11(12)17(26)24(23-15)7-14(25)22-16-13(19)6-20-8-21-16/h3-6,8-9H,7H2,1-2H3,(H,20,21,22,25). The van der Waals surface area contributed by atoms with Gasteiger partial charge in [0.15, 0.2) is 11.6 Å². The molecule has 3 aromatic rings. The summed E-state index contributed by atoms with van der Waals surface area (Å²) in [5.74, 6) is -1.57. The lowest BCUT2D eigenvalue weighted by Crippen LogP contribution is -2.31. The lowest BCUT2D eigenvalue weighted by molar-refractivity contribution is -0.117. The molecule has 0 aliphatic rings. The average molecular weight is 420 g/mol. The van der Waals surface area contributed by atoms with Crippen molar-refractivity contribution in [3.8, 4) is 0 Å². The molecular formula is C17H15BrFN5O2. The first-order valence-corrected chi connectivity index (χ1v) is 8.61. The molecule has 0 aliphatic heterocycles. The van der Waals surface area contributed by atoms with Crippen LogP contribution in [-0.2, 0) is 11.3 Å². The SMILES string of the molecule is CC(C)c1nn(CC(=O)Nc2ncncc2F)c(=O)c2ccc(Br)cc12.